The second-order valence-electron chi connectivity index (χ2n) is 12.5. The lowest BCUT2D eigenvalue weighted by molar-refractivity contribution is 0.282. The molecule has 0 radical (unpaired) electrons. The summed E-state index contributed by atoms with van der Waals surface area (Å²) in [5, 5.41) is 58.9. The van der Waals surface area contributed by atoms with Crippen molar-refractivity contribution >= 4 is 76.8 Å². The number of hydrogen-bond acceptors (Lipinski definition) is 12. The van der Waals surface area contributed by atoms with Crippen LogP contribution in [0.15, 0.2) is 163 Å². The van der Waals surface area contributed by atoms with E-state index in [0.29, 0.717) is 66.6 Å². The zero-order valence-corrected chi connectivity index (χ0v) is 29.7. The number of aliphatic hydroxyl groups is 1. The molecule has 0 amide bonds. The third-order valence-electron chi connectivity index (χ3n) is 8.81. The summed E-state index contributed by atoms with van der Waals surface area (Å²) in [6.45, 7) is 1.54. The van der Waals surface area contributed by atoms with Crippen molar-refractivity contribution in [2.75, 3.05) is 0 Å². The van der Waals surface area contributed by atoms with Crippen LogP contribution in [0.4, 0.5) is 34.1 Å². The third-order valence-corrected chi connectivity index (χ3v) is 9.66. The molecule has 0 atom stereocenters. The minimum Gasteiger partial charge on any atom is -0.505 e. The molecule has 8 aromatic rings. The number of hydrogen-bond donors (Lipinski definition) is 3. The molecule has 3 N–H and O–H groups in total. The number of aromatic nitrogens is 3. The maximum Gasteiger partial charge on any atom is 0.294 e. The van der Waals surface area contributed by atoms with Crippen molar-refractivity contribution in [3.63, 3.8) is 0 Å². The van der Waals surface area contributed by atoms with Crippen LogP contribution in [0.1, 0.15) is 11.1 Å². The summed E-state index contributed by atoms with van der Waals surface area (Å²) in [4.78, 5) is 1.26. The van der Waals surface area contributed by atoms with Gasteiger partial charge in [0.15, 0.2) is 5.75 Å². The van der Waals surface area contributed by atoms with Crippen LogP contribution in [0.3, 0.4) is 0 Å². The number of fused-ring (bicyclic) bond motifs is 4. The molecule has 0 saturated heterocycles. The van der Waals surface area contributed by atoms with E-state index in [4.69, 9.17) is 0 Å². The van der Waals surface area contributed by atoms with Gasteiger partial charge in [-0.3, -0.25) is 4.55 Å². The molecule has 8 rings (SSSR count). The van der Waals surface area contributed by atoms with E-state index in [1.165, 1.54) is 16.9 Å². The molecule has 0 aliphatic heterocycles. The van der Waals surface area contributed by atoms with Crippen molar-refractivity contribution in [3.05, 3.63) is 139 Å². The highest BCUT2D eigenvalue weighted by Crippen LogP contribution is 2.38. The Morgan fingerprint density at radius 2 is 1.25 bits per heavy atom. The van der Waals surface area contributed by atoms with E-state index in [1.54, 1.807) is 78.9 Å². The Bertz CT molecular complexity index is 2970. The summed E-state index contributed by atoms with van der Waals surface area (Å²) in [5.74, 6) is -0.0766. The lowest BCUT2D eigenvalue weighted by atomic mass is 10.1. The Kier molecular flexibility index (Phi) is 9.16. The number of phenolic OH excluding ortho intramolecular Hbond substituents is 1. The fraction of sp³-hybridized carbons (Fsp3) is 0.0500. The predicted octanol–water partition coefficient (Wildman–Crippen LogP) is 10.7. The normalized spacial score (nSPS) is 12.3. The maximum atomic E-state index is 11.6. The lowest BCUT2D eigenvalue weighted by Gasteiger charge is -2.08. The maximum absolute atomic E-state index is 11.6. The van der Waals surface area contributed by atoms with E-state index in [0.717, 1.165) is 11.3 Å². The Hall–Kier alpha value is -7.07. The van der Waals surface area contributed by atoms with E-state index in [-0.39, 0.29) is 22.9 Å². The monoisotopic (exact) mass is 747 g/mol. The first-order chi connectivity index (χ1) is 26.6. The van der Waals surface area contributed by atoms with Gasteiger partial charge < -0.3 is 10.2 Å². The fourth-order valence-electron chi connectivity index (χ4n) is 5.92. The summed E-state index contributed by atoms with van der Waals surface area (Å²) < 4.78 is 32.7. The smallest absolute Gasteiger partial charge is 0.294 e. The largest absolute Gasteiger partial charge is 0.505 e. The van der Waals surface area contributed by atoms with Crippen LogP contribution in [0.25, 0.3) is 38.3 Å². The summed E-state index contributed by atoms with van der Waals surface area (Å²) in [5.41, 5.74) is 6.27. The second-order valence-corrected chi connectivity index (χ2v) is 13.9. The van der Waals surface area contributed by atoms with E-state index in [2.05, 4.69) is 40.9 Å². The second kappa shape index (κ2) is 14.4. The Morgan fingerprint density at radius 3 is 1.98 bits per heavy atom. The van der Waals surface area contributed by atoms with Gasteiger partial charge in [-0.15, -0.1) is 15.3 Å². The summed E-state index contributed by atoms with van der Waals surface area (Å²) in [6, 6.07) is 36.5. The highest BCUT2D eigenvalue weighted by molar-refractivity contribution is 7.85. The lowest BCUT2D eigenvalue weighted by Crippen LogP contribution is -1.98. The number of nitrogens with zero attached hydrogens (tertiary/aromatic N) is 9. The highest BCUT2D eigenvalue weighted by atomic mass is 32.2. The molecule has 270 valence electrons. The van der Waals surface area contributed by atoms with Crippen molar-refractivity contribution in [3.8, 4) is 11.4 Å². The van der Waals surface area contributed by atoms with Gasteiger partial charge in [0.1, 0.15) is 16.7 Å². The fourth-order valence-corrected chi connectivity index (χ4v) is 6.44. The number of azo groups is 3. The van der Waals surface area contributed by atoms with Crippen LogP contribution in [0, 0.1) is 6.92 Å². The van der Waals surface area contributed by atoms with Gasteiger partial charge in [0, 0.05) is 16.3 Å². The van der Waals surface area contributed by atoms with Crippen molar-refractivity contribution in [2.45, 2.75) is 18.4 Å². The molecular formula is C40H29N9O5S. The molecule has 1 heterocycles. The predicted molar refractivity (Wildman–Crippen MR) is 208 cm³/mol. The van der Waals surface area contributed by atoms with Gasteiger partial charge in [-0.05, 0) is 114 Å². The van der Waals surface area contributed by atoms with Gasteiger partial charge in [0.2, 0.25) is 0 Å². The van der Waals surface area contributed by atoms with Crippen molar-refractivity contribution < 1.29 is 23.2 Å². The summed E-state index contributed by atoms with van der Waals surface area (Å²) >= 11 is 0. The number of benzene rings is 7. The molecule has 0 unspecified atom stereocenters. The van der Waals surface area contributed by atoms with Crippen molar-refractivity contribution in [1.82, 2.24) is 15.0 Å². The van der Waals surface area contributed by atoms with E-state index in [9.17, 15) is 23.2 Å². The Balaban J connectivity index is 1.00. The quantitative estimate of drug-likeness (QED) is 0.0962. The molecule has 0 saturated carbocycles. The van der Waals surface area contributed by atoms with Crippen molar-refractivity contribution in [2.24, 2.45) is 30.7 Å². The van der Waals surface area contributed by atoms with Gasteiger partial charge in [0.25, 0.3) is 10.1 Å². The zero-order valence-electron chi connectivity index (χ0n) is 28.9. The van der Waals surface area contributed by atoms with E-state index >= 15 is 0 Å². The Morgan fingerprint density at radius 1 is 0.618 bits per heavy atom. The van der Waals surface area contributed by atoms with Crippen LogP contribution >= 0.6 is 0 Å². The van der Waals surface area contributed by atoms with Crippen LogP contribution < -0.4 is 0 Å². The summed E-state index contributed by atoms with van der Waals surface area (Å²) in [7, 11) is -4.35. The molecule has 0 bridgehead atoms. The van der Waals surface area contributed by atoms with Gasteiger partial charge in [-0.1, -0.05) is 36.4 Å². The van der Waals surface area contributed by atoms with E-state index in [1.807, 2.05) is 43.3 Å². The third kappa shape index (κ3) is 7.30. The van der Waals surface area contributed by atoms with Gasteiger partial charge in [-0.2, -0.15) is 38.8 Å². The average Bonchev–Trinajstić information content (AvgIpc) is 3.65. The molecule has 14 nitrogen and oxygen atoms in total. The van der Waals surface area contributed by atoms with Crippen LogP contribution in [-0.4, -0.2) is 38.2 Å². The SMILES string of the molecule is Cc1cc(N=Nc2ccc3cc(-n4nc5ccc6cc(S(=O)(=O)O)ccc6c5n4)ccc3c2O)c(CO)cc1N=Nc1ccc(N=Nc2ccccc2)cc1. The molecule has 0 aliphatic carbocycles. The topological polar surface area (TPSA) is 200 Å². The number of aliphatic hydroxyl groups excluding tert-OH is 1. The minimum atomic E-state index is -4.35. The van der Waals surface area contributed by atoms with Crippen LogP contribution in [0.2, 0.25) is 0 Å². The standard InChI is InChI=1S/C40H29N9O5S/c1-24-19-38(27(23-50)22-37(24)45-43-30-11-9-29(10-12-30)42-41-28-5-3-2-4-6-28)46-44-36-18-8-25-20-31(13-15-34(25)40(36)51)49-47-35-17-7-26-21-32(55(52,53)54)14-16-33(26)39(35)48-49/h2-22,50-51H,23H2,1H3,(H,52,53,54). The summed E-state index contributed by atoms with van der Waals surface area (Å²) in [6.07, 6.45) is 0. The van der Waals surface area contributed by atoms with Crippen LogP contribution in [0.5, 0.6) is 5.75 Å². The van der Waals surface area contributed by atoms with Gasteiger partial charge in [0.05, 0.1) is 45.6 Å². The molecular weight excluding hydrogens is 719 g/mol. The molecule has 15 heteroatoms. The molecule has 0 spiro atoms. The first-order valence-corrected chi connectivity index (χ1v) is 18.3. The number of aromatic hydroxyl groups is 1. The number of phenols is 1. The first kappa shape index (κ1) is 35.0. The zero-order chi connectivity index (χ0) is 38.1. The highest BCUT2D eigenvalue weighted by Gasteiger charge is 2.15. The molecule has 55 heavy (non-hydrogen) atoms. The molecule has 0 aliphatic rings. The minimum absolute atomic E-state index is 0.0766. The molecule has 7 aromatic carbocycles. The number of aryl methyl sites for hydroxylation is 1. The van der Waals surface area contributed by atoms with Crippen LogP contribution in [-0.2, 0) is 16.7 Å². The first-order valence-electron chi connectivity index (χ1n) is 16.8. The van der Waals surface area contributed by atoms with Gasteiger partial charge >= 0.3 is 0 Å². The van der Waals surface area contributed by atoms with Gasteiger partial charge in [-0.25, -0.2) is 0 Å². The number of rotatable bonds is 9. The van der Waals surface area contributed by atoms with E-state index < -0.39 is 10.1 Å². The molecule has 0 fully saturated rings. The Labute approximate surface area is 313 Å². The molecule has 1 aromatic heterocycles. The average molecular weight is 748 g/mol. The van der Waals surface area contributed by atoms with Crippen molar-refractivity contribution in [1.29, 1.82) is 0 Å².